The average molecular weight is 200 g/mol. The van der Waals surface area contributed by atoms with Crippen molar-refractivity contribution in [3.63, 3.8) is 0 Å². The van der Waals surface area contributed by atoms with Gasteiger partial charge in [0.25, 0.3) is 0 Å². The van der Waals surface area contributed by atoms with Gasteiger partial charge in [0.15, 0.2) is 0 Å². The molecular weight excluding hydrogens is 176 g/mol. The Bertz CT molecular complexity index is 159. The molecule has 0 bridgehead atoms. The molecule has 3 N–H and O–H groups in total. The van der Waals surface area contributed by atoms with Crippen molar-refractivity contribution >= 4 is 5.91 Å². The van der Waals surface area contributed by atoms with Gasteiger partial charge in [-0.05, 0) is 31.3 Å². The summed E-state index contributed by atoms with van der Waals surface area (Å²) >= 11 is 0. The van der Waals surface area contributed by atoms with Crippen LogP contribution >= 0.6 is 0 Å². The maximum Gasteiger partial charge on any atom is 0.217 e. The minimum absolute atomic E-state index is 0.163. The van der Waals surface area contributed by atoms with Crippen LogP contribution in [0.2, 0.25) is 0 Å². The highest BCUT2D eigenvalue weighted by Gasteiger charge is 2.22. The lowest BCUT2D eigenvalue weighted by atomic mass is 9.85. The molecule has 0 unspecified atom stereocenters. The van der Waals surface area contributed by atoms with Crippen LogP contribution in [0.15, 0.2) is 0 Å². The predicted octanol–water partition coefficient (Wildman–Crippen LogP) is 1.52. The lowest BCUT2D eigenvalue weighted by molar-refractivity contribution is -0.119. The fraction of sp³-hybridized carbons (Fsp3) is 0.909. The van der Waals surface area contributed by atoms with E-state index in [1.54, 1.807) is 0 Å². The van der Waals surface area contributed by atoms with E-state index in [0.29, 0.717) is 18.3 Å². The first-order valence-electron chi connectivity index (χ1n) is 5.60. The van der Waals surface area contributed by atoms with Crippen LogP contribution in [-0.2, 0) is 4.79 Å². The first kappa shape index (κ1) is 13.4. The quantitative estimate of drug-likeness (QED) is 0.710. The minimum Gasteiger partial charge on any atom is -0.370 e. The number of hydrogen-bond donors (Lipinski definition) is 2. The Morgan fingerprint density at radius 2 is 2.07 bits per heavy atom. The fourth-order valence-corrected chi connectivity index (χ4v) is 1.63. The number of nitrogens with two attached hydrogens (primary N) is 1. The van der Waals surface area contributed by atoms with E-state index in [9.17, 15) is 4.79 Å². The SMILES string of the molecule is CCC.C[C@@H]1CNCC[C@H]1CC(N)=O. The molecule has 1 heterocycles. The lowest BCUT2D eigenvalue weighted by Crippen LogP contribution is -2.36. The summed E-state index contributed by atoms with van der Waals surface area (Å²) in [6.45, 7) is 8.47. The van der Waals surface area contributed by atoms with E-state index in [2.05, 4.69) is 26.1 Å². The van der Waals surface area contributed by atoms with Gasteiger partial charge in [0.1, 0.15) is 0 Å². The van der Waals surface area contributed by atoms with Gasteiger partial charge in [0, 0.05) is 6.42 Å². The summed E-state index contributed by atoms with van der Waals surface area (Å²) in [7, 11) is 0. The number of carbonyl (C=O) groups excluding carboxylic acids is 1. The van der Waals surface area contributed by atoms with Gasteiger partial charge in [-0.2, -0.15) is 0 Å². The standard InChI is InChI=1S/C8H16N2O.C3H8/c1-6-5-10-3-2-7(6)4-8(9)11;1-3-2/h6-7,10H,2-5H2,1H3,(H2,9,11);3H2,1-2H3/t6-,7+;/m1./s1. The number of amides is 1. The molecule has 0 radical (unpaired) electrons. The molecule has 1 fully saturated rings. The highest BCUT2D eigenvalue weighted by molar-refractivity contribution is 5.74. The summed E-state index contributed by atoms with van der Waals surface area (Å²) in [4.78, 5) is 10.6. The molecule has 0 aromatic carbocycles. The van der Waals surface area contributed by atoms with Crippen molar-refractivity contribution in [2.24, 2.45) is 17.6 Å². The maximum atomic E-state index is 10.6. The Morgan fingerprint density at radius 3 is 2.50 bits per heavy atom. The molecule has 14 heavy (non-hydrogen) atoms. The van der Waals surface area contributed by atoms with Crippen molar-refractivity contribution in [3.8, 4) is 0 Å². The second-order valence-electron chi connectivity index (χ2n) is 4.11. The lowest BCUT2D eigenvalue weighted by Gasteiger charge is -2.28. The number of primary amides is 1. The molecule has 0 saturated carbocycles. The molecule has 3 nitrogen and oxygen atoms in total. The zero-order valence-electron chi connectivity index (χ0n) is 9.68. The second kappa shape index (κ2) is 7.80. The molecule has 1 aliphatic heterocycles. The van der Waals surface area contributed by atoms with Crippen molar-refractivity contribution in [2.45, 2.75) is 40.0 Å². The number of rotatable bonds is 2. The number of nitrogens with one attached hydrogen (secondary N) is 1. The van der Waals surface area contributed by atoms with Gasteiger partial charge >= 0.3 is 0 Å². The molecule has 2 atom stereocenters. The van der Waals surface area contributed by atoms with Gasteiger partial charge in [-0.25, -0.2) is 0 Å². The highest BCUT2D eigenvalue weighted by atomic mass is 16.1. The van der Waals surface area contributed by atoms with Gasteiger partial charge in [0.05, 0.1) is 0 Å². The molecule has 3 heteroatoms. The van der Waals surface area contributed by atoms with Crippen molar-refractivity contribution < 1.29 is 4.79 Å². The first-order valence-corrected chi connectivity index (χ1v) is 5.60. The van der Waals surface area contributed by atoms with Crippen LogP contribution in [0.25, 0.3) is 0 Å². The summed E-state index contributed by atoms with van der Waals surface area (Å²) < 4.78 is 0. The summed E-state index contributed by atoms with van der Waals surface area (Å²) in [6.07, 6.45) is 2.90. The van der Waals surface area contributed by atoms with Crippen LogP contribution in [0.4, 0.5) is 0 Å². The van der Waals surface area contributed by atoms with E-state index >= 15 is 0 Å². The molecule has 1 aliphatic rings. The van der Waals surface area contributed by atoms with E-state index in [4.69, 9.17) is 5.73 Å². The summed E-state index contributed by atoms with van der Waals surface area (Å²) in [5.41, 5.74) is 5.13. The molecule has 0 aromatic rings. The summed E-state index contributed by atoms with van der Waals surface area (Å²) in [5.74, 6) is 0.939. The third kappa shape index (κ3) is 5.97. The van der Waals surface area contributed by atoms with Crippen LogP contribution in [0.3, 0.4) is 0 Å². The van der Waals surface area contributed by atoms with E-state index in [-0.39, 0.29) is 5.91 Å². The van der Waals surface area contributed by atoms with Gasteiger partial charge in [-0.1, -0.05) is 27.2 Å². The molecule has 1 saturated heterocycles. The third-order valence-electron chi connectivity index (χ3n) is 2.43. The third-order valence-corrected chi connectivity index (χ3v) is 2.43. The van der Waals surface area contributed by atoms with Crippen LogP contribution in [0.5, 0.6) is 0 Å². The molecule has 0 aromatic heterocycles. The van der Waals surface area contributed by atoms with E-state index in [1.807, 2.05) is 0 Å². The fourth-order valence-electron chi connectivity index (χ4n) is 1.63. The molecule has 0 spiro atoms. The topological polar surface area (TPSA) is 55.1 Å². The van der Waals surface area contributed by atoms with Crippen LogP contribution in [0.1, 0.15) is 40.0 Å². The number of hydrogen-bond acceptors (Lipinski definition) is 2. The minimum atomic E-state index is -0.163. The average Bonchev–Trinajstić information content (AvgIpc) is 2.09. The smallest absolute Gasteiger partial charge is 0.217 e. The van der Waals surface area contributed by atoms with Crippen molar-refractivity contribution in [2.75, 3.05) is 13.1 Å². The van der Waals surface area contributed by atoms with Gasteiger partial charge in [-0.15, -0.1) is 0 Å². The van der Waals surface area contributed by atoms with Crippen molar-refractivity contribution in [3.05, 3.63) is 0 Å². The van der Waals surface area contributed by atoms with Gasteiger partial charge < -0.3 is 11.1 Å². The Kier molecular flexibility index (Phi) is 7.48. The highest BCUT2D eigenvalue weighted by Crippen LogP contribution is 2.21. The molecule has 1 rings (SSSR count). The zero-order chi connectivity index (χ0) is 11.0. The van der Waals surface area contributed by atoms with Crippen molar-refractivity contribution in [1.82, 2.24) is 5.32 Å². The van der Waals surface area contributed by atoms with Gasteiger partial charge in [-0.3, -0.25) is 4.79 Å². The van der Waals surface area contributed by atoms with Crippen LogP contribution in [-0.4, -0.2) is 19.0 Å². The molecule has 0 aliphatic carbocycles. The maximum absolute atomic E-state index is 10.6. The molecular formula is C11H24N2O. The number of piperidine rings is 1. The Hall–Kier alpha value is -0.570. The Balaban J connectivity index is 0.000000500. The van der Waals surface area contributed by atoms with E-state index < -0.39 is 0 Å². The molecule has 84 valence electrons. The Labute approximate surface area is 87.4 Å². The van der Waals surface area contributed by atoms with Crippen molar-refractivity contribution in [1.29, 1.82) is 0 Å². The zero-order valence-corrected chi connectivity index (χ0v) is 9.68. The van der Waals surface area contributed by atoms with E-state index in [1.165, 1.54) is 6.42 Å². The van der Waals surface area contributed by atoms with Crippen LogP contribution < -0.4 is 11.1 Å². The summed E-state index contributed by atoms with van der Waals surface area (Å²) in [5, 5.41) is 3.29. The molecule has 1 amide bonds. The second-order valence-corrected chi connectivity index (χ2v) is 4.11. The Morgan fingerprint density at radius 1 is 1.50 bits per heavy atom. The predicted molar refractivity (Wildman–Crippen MR) is 59.9 cm³/mol. The summed E-state index contributed by atoms with van der Waals surface area (Å²) in [6, 6.07) is 0. The monoisotopic (exact) mass is 200 g/mol. The largest absolute Gasteiger partial charge is 0.370 e. The first-order chi connectivity index (χ1) is 6.61. The van der Waals surface area contributed by atoms with E-state index in [0.717, 1.165) is 19.5 Å². The normalized spacial score (nSPS) is 26.2. The van der Waals surface area contributed by atoms with Gasteiger partial charge in [0.2, 0.25) is 5.91 Å². The van der Waals surface area contributed by atoms with Crippen LogP contribution in [0, 0.1) is 11.8 Å². The number of carbonyl (C=O) groups is 1.